The third-order valence-electron chi connectivity index (χ3n) is 3.37. The van der Waals surface area contributed by atoms with Crippen LogP contribution in [-0.4, -0.2) is 67.2 Å². The van der Waals surface area contributed by atoms with Crippen molar-refractivity contribution in [3.05, 3.63) is 11.6 Å². The Morgan fingerprint density at radius 2 is 1.90 bits per heavy atom. The number of hydrogen-bond donors (Lipinski definition) is 1. The molecule has 4 nitrogen and oxygen atoms in total. The van der Waals surface area contributed by atoms with Crippen molar-refractivity contribution in [2.75, 3.05) is 39.3 Å². The first-order valence-electron chi connectivity index (χ1n) is 6.93. The van der Waals surface area contributed by atoms with Crippen molar-refractivity contribution >= 4 is 17.6 Å². The van der Waals surface area contributed by atoms with Gasteiger partial charge in [-0.25, -0.2) is 4.99 Å². The van der Waals surface area contributed by atoms with Crippen LogP contribution in [-0.2, 0) is 0 Å². The number of hydrogen-bond acceptors (Lipinski definition) is 2. The Kier molecular flexibility index (Phi) is 6.80. The SMILES string of the molecule is C=C(Cl)CN=C(NCC)N1CCN(C(C)C(F)(F)F)CC1. The summed E-state index contributed by atoms with van der Waals surface area (Å²) in [6.07, 6.45) is -4.18. The lowest BCUT2D eigenvalue weighted by Crippen LogP contribution is -2.56. The van der Waals surface area contributed by atoms with Crippen LogP contribution in [0.5, 0.6) is 0 Å². The number of piperazine rings is 1. The van der Waals surface area contributed by atoms with E-state index in [0.717, 1.165) is 0 Å². The highest BCUT2D eigenvalue weighted by Gasteiger charge is 2.41. The summed E-state index contributed by atoms with van der Waals surface area (Å²) in [4.78, 5) is 7.71. The van der Waals surface area contributed by atoms with Crippen LogP contribution in [0.1, 0.15) is 13.8 Å². The van der Waals surface area contributed by atoms with Gasteiger partial charge in [0, 0.05) is 37.8 Å². The maximum absolute atomic E-state index is 12.7. The van der Waals surface area contributed by atoms with Gasteiger partial charge in [-0.1, -0.05) is 18.2 Å². The van der Waals surface area contributed by atoms with Crippen molar-refractivity contribution in [3.8, 4) is 0 Å². The summed E-state index contributed by atoms with van der Waals surface area (Å²) in [6.45, 7) is 9.40. The van der Waals surface area contributed by atoms with Crippen LogP contribution in [0.15, 0.2) is 16.6 Å². The summed E-state index contributed by atoms with van der Waals surface area (Å²) in [5.41, 5.74) is 0. The van der Waals surface area contributed by atoms with Gasteiger partial charge in [0.1, 0.15) is 6.04 Å². The summed E-state index contributed by atoms with van der Waals surface area (Å²) in [7, 11) is 0. The topological polar surface area (TPSA) is 30.9 Å². The Morgan fingerprint density at radius 3 is 2.33 bits per heavy atom. The Balaban J connectivity index is 2.60. The zero-order chi connectivity index (χ0) is 16.0. The maximum atomic E-state index is 12.7. The fourth-order valence-electron chi connectivity index (χ4n) is 2.11. The number of nitrogens with one attached hydrogen (secondary N) is 1. The molecule has 1 aliphatic heterocycles. The molecule has 1 N–H and O–H groups in total. The molecule has 122 valence electrons. The molecule has 0 radical (unpaired) electrons. The minimum atomic E-state index is -4.18. The Labute approximate surface area is 128 Å². The third kappa shape index (κ3) is 5.74. The fourth-order valence-corrected chi connectivity index (χ4v) is 2.17. The van der Waals surface area contributed by atoms with Gasteiger partial charge in [-0.15, -0.1) is 0 Å². The summed E-state index contributed by atoms with van der Waals surface area (Å²) < 4.78 is 38.1. The number of alkyl halides is 3. The van der Waals surface area contributed by atoms with Gasteiger partial charge in [0.15, 0.2) is 5.96 Å². The van der Waals surface area contributed by atoms with E-state index < -0.39 is 12.2 Å². The second-order valence-electron chi connectivity index (χ2n) is 4.93. The van der Waals surface area contributed by atoms with E-state index in [1.54, 1.807) is 0 Å². The van der Waals surface area contributed by atoms with Gasteiger partial charge in [0.2, 0.25) is 0 Å². The molecule has 8 heteroatoms. The molecule has 21 heavy (non-hydrogen) atoms. The highest BCUT2D eigenvalue weighted by Crippen LogP contribution is 2.25. The van der Waals surface area contributed by atoms with Crippen LogP contribution in [0.4, 0.5) is 13.2 Å². The van der Waals surface area contributed by atoms with Crippen molar-refractivity contribution in [1.82, 2.24) is 15.1 Å². The lowest BCUT2D eigenvalue weighted by atomic mass is 10.2. The predicted octanol–water partition coefficient (Wildman–Crippen LogP) is 2.27. The molecule has 1 fully saturated rings. The molecule has 0 amide bonds. The monoisotopic (exact) mass is 326 g/mol. The number of guanidine groups is 1. The average Bonchev–Trinajstić information content (AvgIpc) is 2.41. The predicted molar refractivity (Wildman–Crippen MR) is 79.6 cm³/mol. The third-order valence-corrected chi connectivity index (χ3v) is 3.49. The van der Waals surface area contributed by atoms with E-state index in [0.29, 0.717) is 50.3 Å². The molecule has 0 bridgehead atoms. The molecule has 0 spiro atoms. The van der Waals surface area contributed by atoms with E-state index in [1.165, 1.54) is 11.8 Å². The van der Waals surface area contributed by atoms with Crippen LogP contribution in [0.3, 0.4) is 0 Å². The molecule has 0 aliphatic carbocycles. The normalized spacial score (nSPS) is 19.5. The maximum Gasteiger partial charge on any atom is 0.403 e. The van der Waals surface area contributed by atoms with Gasteiger partial charge < -0.3 is 10.2 Å². The van der Waals surface area contributed by atoms with Crippen LogP contribution in [0.2, 0.25) is 0 Å². The highest BCUT2D eigenvalue weighted by molar-refractivity contribution is 6.29. The first-order valence-corrected chi connectivity index (χ1v) is 7.30. The van der Waals surface area contributed by atoms with Gasteiger partial charge in [0.25, 0.3) is 0 Å². The minimum Gasteiger partial charge on any atom is -0.357 e. The fraction of sp³-hybridized carbons (Fsp3) is 0.769. The van der Waals surface area contributed by atoms with Crippen LogP contribution >= 0.6 is 11.6 Å². The van der Waals surface area contributed by atoms with Gasteiger partial charge in [-0.05, 0) is 13.8 Å². The largest absolute Gasteiger partial charge is 0.403 e. The number of nitrogens with zero attached hydrogens (tertiary/aromatic N) is 3. The van der Waals surface area contributed by atoms with Crippen LogP contribution in [0, 0.1) is 0 Å². The Bertz CT molecular complexity index is 376. The first-order chi connectivity index (χ1) is 9.75. The Morgan fingerprint density at radius 1 is 1.33 bits per heavy atom. The van der Waals surface area contributed by atoms with Gasteiger partial charge in [-0.2, -0.15) is 13.2 Å². The number of halogens is 4. The molecular weight excluding hydrogens is 305 g/mol. The minimum absolute atomic E-state index is 0.295. The molecule has 0 aromatic carbocycles. The molecule has 1 aliphatic rings. The zero-order valence-corrected chi connectivity index (χ0v) is 13.1. The molecule has 1 saturated heterocycles. The van der Waals surface area contributed by atoms with E-state index in [9.17, 15) is 13.2 Å². The zero-order valence-electron chi connectivity index (χ0n) is 12.4. The Hall–Kier alpha value is -0.950. The van der Waals surface area contributed by atoms with Gasteiger partial charge in [0.05, 0.1) is 6.54 Å². The van der Waals surface area contributed by atoms with Crippen molar-refractivity contribution in [2.45, 2.75) is 26.1 Å². The van der Waals surface area contributed by atoms with Crippen molar-refractivity contribution < 1.29 is 13.2 Å². The molecular formula is C13H22ClF3N4. The summed E-state index contributed by atoms with van der Waals surface area (Å²) in [6, 6.07) is -1.42. The quantitative estimate of drug-likeness (QED) is 0.635. The lowest BCUT2D eigenvalue weighted by molar-refractivity contribution is -0.181. The van der Waals surface area contributed by atoms with E-state index in [1.807, 2.05) is 11.8 Å². The smallest absolute Gasteiger partial charge is 0.357 e. The summed E-state index contributed by atoms with van der Waals surface area (Å²) in [5.74, 6) is 0.665. The molecule has 1 heterocycles. The number of rotatable bonds is 4. The molecule has 0 aromatic rings. The van der Waals surface area contributed by atoms with Crippen molar-refractivity contribution in [3.63, 3.8) is 0 Å². The van der Waals surface area contributed by atoms with Gasteiger partial charge in [-0.3, -0.25) is 4.90 Å². The average molecular weight is 327 g/mol. The lowest BCUT2D eigenvalue weighted by Gasteiger charge is -2.39. The standard InChI is InChI=1S/C13H22ClF3N4/c1-4-18-12(19-9-10(2)14)21-7-5-20(6-8-21)11(3)13(15,16)17/h11H,2,4-9H2,1,3H3,(H,18,19). The molecule has 0 saturated carbocycles. The first kappa shape index (κ1) is 18.1. The van der Waals surface area contributed by atoms with Gasteiger partial charge >= 0.3 is 6.18 Å². The van der Waals surface area contributed by atoms with Crippen LogP contribution < -0.4 is 5.32 Å². The van der Waals surface area contributed by atoms with Crippen LogP contribution in [0.25, 0.3) is 0 Å². The van der Waals surface area contributed by atoms with E-state index in [-0.39, 0.29) is 0 Å². The van der Waals surface area contributed by atoms with E-state index in [2.05, 4.69) is 16.9 Å². The molecule has 0 aromatic heterocycles. The molecule has 1 atom stereocenters. The number of aliphatic imine (C=N–C) groups is 1. The van der Waals surface area contributed by atoms with E-state index >= 15 is 0 Å². The molecule has 1 unspecified atom stereocenters. The second-order valence-corrected chi connectivity index (χ2v) is 5.46. The van der Waals surface area contributed by atoms with Crippen molar-refractivity contribution in [2.24, 2.45) is 4.99 Å². The summed E-state index contributed by atoms with van der Waals surface area (Å²) in [5, 5.41) is 3.54. The van der Waals surface area contributed by atoms with E-state index in [4.69, 9.17) is 11.6 Å². The highest BCUT2D eigenvalue weighted by atomic mass is 35.5. The summed E-state index contributed by atoms with van der Waals surface area (Å²) >= 11 is 5.69. The molecule has 1 rings (SSSR count). The second kappa shape index (κ2) is 7.89. The van der Waals surface area contributed by atoms with Crippen molar-refractivity contribution in [1.29, 1.82) is 0 Å².